The number of rotatable bonds is 4. The maximum Gasteiger partial charge on any atom is 0.306 e. The molecule has 21 heavy (non-hydrogen) atoms. The lowest BCUT2D eigenvalue weighted by Gasteiger charge is -2.26. The van der Waals surface area contributed by atoms with E-state index in [0.29, 0.717) is 6.04 Å². The van der Waals surface area contributed by atoms with Crippen molar-refractivity contribution in [3.8, 4) is 0 Å². The maximum atomic E-state index is 10.9. The number of hydrogen-bond donors (Lipinski definition) is 2. The Hall–Kier alpha value is -1.88. The van der Waals surface area contributed by atoms with E-state index in [9.17, 15) is 4.79 Å². The van der Waals surface area contributed by atoms with Crippen LogP contribution in [0, 0.1) is 12.8 Å². The Morgan fingerprint density at radius 1 is 1.33 bits per heavy atom. The minimum absolute atomic E-state index is 0.152. The minimum atomic E-state index is -0.649. The highest BCUT2D eigenvalue weighted by Crippen LogP contribution is 2.24. The zero-order valence-electron chi connectivity index (χ0n) is 12.2. The first-order valence-corrected chi connectivity index (χ1v) is 7.52. The van der Waals surface area contributed by atoms with Crippen LogP contribution in [0.1, 0.15) is 36.9 Å². The summed E-state index contributed by atoms with van der Waals surface area (Å²) in [5.74, 6) is -0.801. The molecule has 5 heteroatoms. The second kappa shape index (κ2) is 5.85. The molecule has 0 bridgehead atoms. The van der Waals surface area contributed by atoms with E-state index in [4.69, 9.17) is 5.11 Å². The zero-order valence-corrected chi connectivity index (χ0v) is 12.2. The van der Waals surface area contributed by atoms with E-state index < -0.39 is 5.97 Å². The fourth-order valence-electron chi connectivity index (χ4n) is 3.03. The first kappa shape index (κ1) is 14.1. The van der Waals surface area contributed by atoms with Crippen molar-refractivity contribution in [2.45, 2.75) is 45.2 Å². The van der Waals surface area contributed by atoms with Crippen molar-refractivity contribution in [3.05, 3.63) is 35.8 Å². The second-order valence-corrected chi connectivity index (χ2v) is 5.97. The standard InChI is InChI=1S/C16H21N3O2/c1-11-2-7-15-18-14(10-19(15)9-11)8-17-13-5-3-12(4-6-13)16(20)21/h2,7,9-10,12-13,17H,3-6,8H2,1H3,(H,20,21). The highest BCUT2D eigenvalue weighted by molar-refractivity contribution is 5.70. The molecule has 0 spiro atoms. The van der Waals surface area contributed by atoms with Crippen LogP contribution in [0.4, 0.5) is 0 Å². The summed E-state index contributed by atoms with van der Waals surface area (Å²) in [6.45, 7) is 2.81. The average Bonchev–Trinajstić information content (AvgIpc) is 2.87. The minimum Gasteiger partial charge on any atom is -0.481 e. The van der Waals surface area contributed by atoms with Crippen molar-refractivity contribution in [1.29, 1.82) is 0 Å². The van der Waals surface area contributed by atoms with Crippen LogP contribution < -0.4 is 5.32 Å². The average molecular weight is 287 g/mol. The van der Waals surface area contributed by atoms with Gasteiger partial charge in [0.25, 0.3) is 0 Å². The van der Waals surface area contributed by atoms with E-state index >= 15 is 0 Å². The molecule has 5 nitrogen and oxygen atoms in total. The lowest BCUT2D eigenvalue weighted by atomic mass is 9.86. The number of aromatic nitrogens is 2. The molecule has 3 rings (SSSR count). The fourth-order valence-corrected chi connectivity index (χ4v) is 3.03. The third-order valence-electron chi connectivity index (χ3n) is 4.30. The molecule has 0 aromatic carbocycles. The van der Waals surface area contributed by atoms with E-state index in [0.717, 1.165) is 43.6 Å². The third-order valence-corrected chi connectivity index (χ3v) is 4.30. The summed E-state index contributed by atoms with van der Waals surface area (Å²) < 4.78 is 2.05. The van der Waals surface area contributed by atoms with Crippen molar-refractivity contribution in [1.82, 2.24) is 14.7 Å². The highest BCUT2D eigenvalue weighted by atomic mass is 16.4. The molecule has 0 radical (unpaired) electrons. The van der Waals surface area contributed by atoms with Crippen molar-refractivity contribution in [3.63, 3.8) is 0 Å². The molecule has 2 aromatic heterocycles. The van der Waals surface area contributed by atoms with Crippen molar-refractivity contribution < 1.29 is 9.90 Å². The summed E-state index contributed by atoms with van der Waals surface area (Å²) >= 11 is 0. The van der Waals surface area contributed by atoms with E-state index in [1.54, 1.807) is 0 Å². The fraction of sp³-hybridized carbons (Fsp3) is 0.500. The van der Waals surface area contributed by atoms with Gasteiger partial charge in [0, 0.05) is 25.0 Å². The molecular formula is C16H21N3O2. The van der Waals surface area contributed by atoms with Crippen LogP contribution in [0.3, 0.4) is 0 Å². The van der Waals surface area contributed by atoms with Crippen molar-refractivity contribution >= 4 is 11.6 Å². The molecule has 0 unspecified atom stereocenters. The Bertz CT molecular complexity index is 642. The van der Waals surface area contributed by atoms with Gasteiger partial charge >= 0.3 is 5.97 Å². The maximum absolute atomic E-state index is 10.9. The normalized spacial score (nSPS) is 22.5. The van der Waals surface area contributed by atoms with Crippen LogP contribution in [0.15, 0.2) is 24.5 Å². The van der Waals surface area contributed by atoms with Gasteiger partial charge in [-0.2, -0.15) is 0 Å². The molecule has 0 aliphatic heterocycles. The molecule has 2 N–H and O–H groups in total. The molecule has 2 aromatic rings. The van der Waals surface area contributed by atoms with Gasteiger partial charge in [0.2, 0.25) is 0 Å². The summed E-state index contributed by atoms with van der Waals surface area (Å²) in [5, 5.41) is 12.5. The number of carbonyl (C=O) groups is 1. The molecule has 0 saturated heterocycles. The van der Waals surface area contributed by atoms with Gasteiger partial charge in [0.05, 0.1) is 11.6 Å². The Kier molecular flexibility index (Phi) is 3.92. The first-order chi connectivity index (χ1) is 10.1. The molecule has 0 amide bonds. The number of fused-ring (bicyclic) bond motifs is 1. The monoisotopic (exact) mass is 287 g/mol. The Balaban J connectivity index is 1.56. The van der Waals surface area contributed by atoms with Gasteiger partial charge in [-0.15, -0.1) is 0 Å². The number of imidazole rings is 1. The van der Waals surface area contributed by atoms with Crippen LogP contribution in [0.5, 0.6) is 0 Å². The van der Waals surface area contributed by atoms with Crippen molar-refractivity contribution in [2.75, 3.05) is 0 Å². The van der Waals surface area contributed by atoms with Gasteiger partial charge in [-0.1, -0.05) is 6.07 Å². The number of aliphatic carboxylic acids is 1. The van der Waals surface area contributed by atoms with Crippen LogP contribution in [0.25, 0.3) is 5.65 Å². The quantitative estimate of drug-likeness (QED) is 0.906. The lowest BCUT2D eigenvalue weighted by molar-refractivity contribution is -0.142. The SMILES string of the molecule is Cc1ccc2nc(CNC3CCC(C(=O)O)CC3)cn2c1. The van der Waals surface area contributed by atoms with Gasteiger partial charge in [0.15, 0.2) is 0 Å². The summed E-state index contributed by atoms with van der Waals surface area (Å²) in [6, 6.07) is 4.50. The smallest absolute Gasteiger partial charge is 0.306 e. The number of aryl methyl sites for hydroxylation is 1. The van der Waals surface area contributed by atoms with Crippen LogP contribution >= 0.6 is 0 Å². The van der Waals surface area contributed by atoms with Crippen LogP contribution in [0.2, 0.25) is 0 Å². The molecule has 0 atom stereocenters. The molecule has 1 aliphatic carbocycles. The lowest BCUT2D eigenvalue weighted by Crippen LogP contribution is -2.34. The summed E-state index contributed by atoms with van der Waals surface area (Å²) in [4.78, 5) is 15.5. The second-order valence-electron chi connectivity index (χ2n) is 5.97. The van der Waals surface area contributed by atoms with E-state index in [1.165, 1.54) is 5.56 Å². The van der Waals surface area contributed by atoms with E-state index in [1.807, 2.05) is 10.5 Å². The van der Waals surface area contributed by atoms with Gasteiger partial charge in [-0.05, 0) is 44.2 Å². The van der Waals surface area contributed by atoms with Crippen molar-refractivity contribution in [2.24, 2.45) is 5.92 Å². The summed E-state index contributed by atoms with van der Waals surface area (Å²) in [6.07, 6.45) is 7.55. The third kappa shape index (κ3) is 3.24. The van der Waals surface area contributed by atoms with Crippen LogP contribution in [-0.4, -0.2) is 26.5 Å². The Morgan fingerprint density at radius 2 is 2.10 bits per heavy atom. The van der Waals surface area contributed by atoms with Crippen LogP contribution in [-0.2, 0) is 11.3 Å². The number of pyridine rings is 1. The van der Waals surface area contributed by atoms with Gasteiger partial charge < -0.3 is 14.8 Å². The number of nitrogens with one attached hydrogen (secondary N) is 1. The largest absolute Gasteiger partial charge is 0.481 e. The molecule has 112 valence electrons. The molecule has 1 fully saturated rings. The Labute approximate surface area is 124 Å². The molecular weight excluding hydrogens is 266 g/mol. The molecule has 1 aliphatic rings. The van der Waals surface area contributed by atoms with Gasteiger partial charge in [0.1, 0.15) is 5.65 Å². The van der Waals surface area contributed by atoms with E-state index in [2.05, 4.69) is 35.7 Å². The molecule has 1 saturated carbocycles. The number of hydrogen-bond acceptors (Lipinski definition) is 3. The van der Waals surface area contributed by atoms with Gasteiger partial charge in [-0.3, -0.25) is 4.79 Å². The summed E-state index contributed by atoms with van der Waals surface area (Å²) in [7, 11) is 0. The highest BCUT2D eigenvalue weighted by Gasteiger charge is 2.25. The predicted octanol–water partition coefficient (Wildman–Crippen LogP) is 2.38. The predicted molar refractivity (Wildman–Crippen MR) is 80.2 cm³/mol. The van der Waals surface area contributed by atoms with E-state index in [-0.39, 0.29) is 5.92 Å². The zero-order chi connectivity index (χ0) is 14.8. The number of carboxylic acid groups (broad SMARTS) is 1. The van der Waals surface area contributed by atoms with Gasteiger partial charge in [-0.25, -0.2) is 4.98 Å². The molecule has 2 heterocycles. The number of carboxylic acids is 1. The Morgan fingerprint density at radius 3 is 2.81 bits per heavy atom. The first-order valence-electron chi connectivity index (χ1n) is 7.52. The number of nitrogens with zero attached hydrogens (tertiary/aromatic N) is 2. The topological polar surface area (TPSA) is 66.6 Å². The summed E-state index contributed by atoms with van der Waals surface area (Å²) in [5.41, 5.74) is 3.21.